The van der Waals surface area contributed by atoms with E-state index in [0.29, 0.717) is 0 Å². The van der Waals surface area contributed by atoms with Crippen molar-refractivity contribution in [3.8, 4) is 0 Å². The molecule has 0 amide bonds. The Morgan fingerprint density at radius 3 is 2.31 bits per heavy atom. The lowest BCUT2D eigenvalue weighted by Crippen LogP contribution is -2.23. The van der Waals surface area contributed by atoms with Crippen molar-refractivity contribution in [1.82, 2.24) is 0 Å². The van der Waals surface area contributed by atoms with Crippen molar-refractivity contribution in [1.29, 1.82) is 0 Å². The minimum absolute atomic E-state index is 0.114. The monoisotopic (exact) mass is 210 g/mol. The van der Waals surface area contributed by atoms with Crippen molar-refractivity contribution < 1.29 is 22.7 Å². The highest BCUT2D eigenvalue weighted by atomic mass is 32.2. The van der Waals surface area contributed by atoms with E-state index >= 15 is 0 Å². The molecule has 0 atom stereocenters. The number of carbonyl (C=O) groups is 1. The average molecular weight is 210 g/mol. The fourth-order valence-corrected chi connectivity index (χ4v) is 1.87. The topological polar surface area (TPSA) is 69.7 Å². The van der Waals surface area contributed by atoms with Crippen LogP contribution in [0.5, 0.6) is 0 Å². The molecule has 0 saturated carbocycles. The lowest BCUT2D eigenvalue weighted by Gasteiger charge is -2.01. The summed E-state index contributed by atoms with van der Waals surface area (Å²) in [6.45, 7) is -0.0468. The van der Waals surface area contributed by atoms with E-state index in [0.717, 1.165) is 0 Å². The van der Waals surface area contributed by atoms with Gasteiger partial charge in [0.15, 0.2) is 15.6 Å². The van der Waals surface area contributed by atoms with E-state index in [2.05, 4.69) is 9.47 Å². The molecule has 0 aromatic heterocycles. The van der Waals surface area contributed by atoms with Crippen molar-refractivity contribution in [3.05, 3.63) is 0 Å². The molecule has 0 radical (unpaired) electrons. The maximum atomic E-state index is 11.1. The molecular weight excluding hydrogens is 196 g/mol. The van der Waals surface area contributed by atoms with Gasteiger partial charge in [-0.25, -0.2) is 8.42 Å². The van der Waals surface area contributed by atoms with Gasteiger partial charge >= 0.3 is 0 Å². The van der Waals surface area contributed by atoms with Gasteiger partial charge in [-0.15, -0.1) is 0 Å². The van der Waals surface area contributed by atoms with Gasteiger partial charge in [-0.1, -0.05) is 0 Å². The molecule has 0 aliphatic heterocycles. The first-order valence-corrected chi connectivity index (χ1v) is 5.54. The molecule has 0 rings (SSSR count). The Kier molecular flexibility index (Phi) is 5.85. The van der Waals surface area contributed by atoms with Gasteiger partial charge in [0.2, 0.25) is 0 Å². The zero-order chi connectivity index (χ0) is 10.3. The van der Waals surface area contributed by atoms with Crippen molar-refractivity contribution >= 4 is 15.6 Å². The van der Waals surface area contributed by atoms with Crippen LogP contribution in [0.3, 0.4) is 0 Å². The summed E-state index contributed by atoms with van der Waals surface area (Å²) in [7, 11) is -0.564. The standard InChI is InChI=1S/C7H14O5S/c1-11-3-4-13(9,10)6-7(8)5-12-2/h3-6H2,1-2H3. The van der Waals surface area contributed by atoms with E-state index in [-0.39, 0.29) is 19.0 Å². The highest BCUT2D eigenvalue weighted by molar-refractivity contribution is 7.92. The fraction of sp³-hybridized carbons (Fsp3) is 0.857. The van der Waals surface area contributed by atoms with Crippen molar-refractivity contribution in [3.63, 3.8) is 0 Å². The van der Waals surface area contributed by atoms with Crippen LogP contribution < -0.4 is 0 Å². The Morgan fingerprint density at radius 1 is 1.23 bits per heavy atom. The van der Waals surface area contributed by atoms with E-state index in [1.54, 1.807) is 0 Å². The van der Waals surface area contributed by atoms with E-state index in [9.17, 15) is 13.2 Å². The normalized spacial score (nSPS) is 11.5. The first-order chi connectivity index (χ1) is 6.02. The molecule has 0 aromatic carbocycles. The van der Waals surface area contributed by atoms with E-state index < -0.39 is 21.4 Å². The summed E-state index contributed by atoms with van der Waals surface area (Å²) in [5.41, 5.74) is 0. The van der Waals surface area contributed by atoms with Gasteiger partial charge in [0.1, 0.15) is 12.4 Å². The maximum Gasteiger partial charge on any atom is 0.173 e. The van der Waals surface area contributed by atoms with Crippen LogP contribution in [-0.4, -0.2) is 53.1 Å². The van der Waals surface area contributed by atoms with Crippen LogP contribution in [0.2, 0.25) is 0 Å². The SMILES string of the molecule is COCCS(=O)(=O)CC(=O)COC. The van der Waals surface area contributed by atoms with E-state index in [4.69, 9.17) is 0 Å². The number of ketones is 1. The molecule has 78 valence electrons. The van der Waals surface area contributed by atoms with Crippen LogP contribution in [0, 0.1) is 0 Å². The summed E-state index contributed by atoms with van der Waals surface area (Å²) in [5, 5.41) is 0. The van der Waals surface area contributed by atoms with Crippen LogP contribution in [0.25, 0.3) is 0 Å². The molecule has 0 unspecified atom stereocenters. The van der Waals surface area contributed by atoms with E-state index in [1.807, 2.05) is 0 Å². The molecule has 5 nitrogen and oxygen atoms in total. The summed E-state index contributed by atoms with van der Waals surface area (Å²) in [4.78, 5) is 10.9. The van der Waals surface area contributed by atoms with Crippen LogP contribution in [0.4, 0.5) is 0 Å². The number of carbonyl (C=O) groups excluding carboxylic acids is 1. The van der Waals surface area contributed by atoms with Crippen LogP contribution in [0.15, 0.2) is 0 Å². The first kappa shape index (κ1) is 12.5. The average Bonchev–Trinajstić information content (AvgIpc) is 2.00. The van der Waals surface area contributed by atoms with Crippen molar-refractivity contribution in [2.45, 2.75) is 0 Å². The van der Waals surface area contributed by atoms with E-state index in [1.165, 1.54) is 14.2 Å². The third-order valence-corrected chi connectivity index (χ3v) is 2.84. The van der Waals surface area contributed by atoms with Gasteiger partial charge in [0, 0.05) is 14.2 Å². The largest absolute Gasteiger partial charge is 0.384 e. The minimum atomic E-state index is -3.32. The number of rotatable bonds is 7. The lowest BCUT2D eigenvalue weighted by atomic mass is 10.5. The molecule has 0 saturated heterocycles. The predicted molar refractivity (Wildman–Crippen MR) is 47.4 cm³/mol. The molecule has 0 aromatic rings. The highest BCUT2D eigenvalue weighted by Crippen LogP contribution is 1.92. The number of ether oxygens (including phenoxy) is 2. The Balaban J connectivity index is 3.95. The summed E-state index contributed by atoms with van der Waals surface area (Å²) in [6.07, 6.45) is 0. The molecule has 0 spiro atoms. The highest BCUT2D eigenvalue weighted by Gasteiger charge is 2.15. The summed E-state index contributed by atoms with van der Waals surface area (Å²) < 4.78 is 31.3. The number of hydrogen-bond acceptors (Lipinski definition) is 5. The van der Waals surface area contributed by atoms with Crippen molar-refractivity contribution in [2.75, 3.05) is 38.9 Å². The third-order valence-electron chi connectivity index (χ3n) is 1.28. The first-order valence-electron chi connectivity index (χ1n) is 3.72. The summed E-state index contributed by atoms with van der Waals surface area (Å²) in [5.74, 6) is -1.03. The van der Waals surface area contributed by atoms with Gasteiger partial charge in [-0.2, -0.15) is 0 Å². The minimum Gasteiger partial charge on any atom is -0.384 e. The number of Topliss-reactive ketones (excluding diaryl/α,β-unsaturated/α-hetero) is 1. The fourth-order valence-electron chi connectivity index (χ4n) is 0.730. The van der Waals surface area contributed by atoms with Gasteiger partial charge in [-0.05, 0) is 0 Å². The molecule has 6 heteroatoms. The number of methoxy groups -OCH3 is 2. The molecule has 0 heterocycles. The summed E-state index contributed by atoms with van der Waals surface area (Å²) >= 11 is 0. The predicted octanol–water partition coefficient (Wildman–Crippen LogP) is -0.737. The van der Waals surface area contributed by atoms with Crippen LogP contribution in [0.1, 0.15) is 0 Å². The molecule has 0 aliphatic rings. The molecule has 0 bridgehead atoms. The second-order valence-electron chi connectivity index (χ2n) is 2.56. The van der Waals surface area contributed by atoms with Crippen molar-refractivity contribution in [2.24, 2.45) is 0 Å². The Hall–Kier alpha value is -0.460. The lowest BCUT2D eigenvalue weighted by molar-refractivity contribution is -0.120. The molecule has 13 heavy (non-hydrogen) atoms. The van der Waals surface area contributed by atoms with Crippen LogP contribution >= 0.6 is 0 Å². The Morgan fingerprint density at radius 2 is 1.85 bits per heavy atom. The van der Waals surface area contributed by atoms with Gasteiger partial charge < -0.3 is 9.47 Å². The zero-order valence-electron chi connectivity index (χ0n) is 7.78. The smallest absolute Gasteiger partial charge is 0.173 e. The van der Waals surface area contributed by atoms with Crippen LogP contribution in [-0.2, 0) is 24.1 Å². The molecular formula is C7H14O5S. The van der Waals surface area contributed by atoms with Gasteiger partial charge in [-0.3, -0.25) is 4.79 Å². The number of hydrogen-bond donors (Lipinski definition) is 0. The quantitative estimate of drug-likeness (QED) is 0.553. The molecule has 0 N–H and O–H groups in total. The third kappa shape index (κ3) is 6.68. The maximum absolute atomic E-state index is 11.1. The Bertz CT molecular complexity index is 244. The Labute approximate surface area is 77.9 Å². The second-order valence-corrected chi connectivity index (χ2v) is 4.74. The van der Waals surface area contributed by atoms with Gasteiger partial charge in [0.25, 0.3) is 0 Å². The molecule has 0 aliphatic carbocycles. The summed E-state index contributed by atoms with van der Waals surface area (Å²) in [6, 6.07) is 0. The van der Waals surface area contributed by atoms with Gasteiger partial charge in [0.05, 0.1) is 12.4 Å². The number of sulfone groups is 1. The zero-order valence-corrected chi connectivity index (χ0v) is 8.59. The molecule has 0 fully saturated rings. The second kappa shape index (κ2) is 6.06.